The van der Waals surface area contributed by atoms with Crippen LogP contribution in [0.25, 0.3) is 0 Å². The second-order valence-electron chi connectivity index (χ2n) is 4.25. The molecule has 14 heavy (non-hydrogen) atoms. The summed E-state index contributed by atoms with van der Waals surface area (Å²) in [4.78, 5) is 23.4. The Labute approximate surface area is 82.3 Å². The Kier molecular flexibility index (Phi) is 2.80. The van der Waals surface area contributed by atoms with E-state index in [2.05, 4.69) is 0 Å². The Hall–Kier alpha value is -1.10. The molecule has 0 aromatic rings. The van der Waals surface area contributed by atoms with Crippen molar-refractivity contribution in [1.82, 2.24) is 4.90 Å². The summed E-state index contributed by atoms with van der Waals surface area (Å²) in [6.45, 7) is 3.62. The van der Waals surface area contributed by atoms with Gasteiger partial charge in [-0.2, -0.15) is 0 Å². The van der Waals surface area contributed by atoms with E-state index in [1.807, 2.05) is 0 Å². The Morgan fingerprint density at radius 3 is 2.57 bits per heavy atom. The van der Waals surface area contributed by atoms with E-state index in [1.54, 1.807) is 13.8 Å². The van der Waals surface area contributed by atoms with Gasteiger partial charge in [0.2, 0.25) is 5.91 Å². The van der Waals surface area contributed by atoms with Gasteiger partial charge < -0.3 is 15.1 Å². The van der Waals surface area contributed by atoms with Crippen molar-refractivity contribution in [3.05, 3.63) is 0 Å². The van der Waals surface area contributed by atoms with Crippen LogP contribution in [0.4, 0.5) is 0 Å². The molecule has 0 radical (unpaired) electrons. The number of likely N-dealkylation sites (tertiary alicyclic amines) is 1. The molecule has 0 aromatic carbocycles. The topological polar surface area (TPSA) is 77.8 Å². The molecule has 5 heteroatoms. The monoisotopic (exact) mass is 201 g/mol. The van der Waals surface area contributed by atoms with E-state index in [1.165, 1.54) is 4.90 Å². The maximum Gasteiger partial charge on any atom is 0.305 e. The number of nitrogens with zero attached hydrogens (tertiary/aromatic N) is 1. The number of rotatable bonds is 3. The van der Waals surface area contributed by atoms with Gasteiger partial charge in [-0.05, 0) is 13.8 Å². The van der Waals surface area contributed by atoms with Crippen LogP contribution in [0.5, 0.6) is 0 Å². The molecule has 5 nitrogen and oxygen atoms in total. The number of hydrogen-bond acceptors (Lipinski definition) is 3. The molecule has 1 amide bonds. The number of aliphatic hydroxyl groups is 1. The van der Waals surface area contributed by atoms with E-state index in [-0.39, 0.29) is 25.3 Å². The van der Waals surface area contributed by atoms with Crippen LogP contribution in [-0.2, 0) is 9.59 Å². The number of amides is 1. The summed E-state index contributed by atoms with van der Waals surface area (Å²) in [5, 5.41) is 17.9. The fourth-order valence-corrected chi connectivity index (χ4v) is 1.74. The van der Waals surface area contributed by atoms with Gasteiger partial charge in [0.05, 0.1) is 18.9 Å². The van der Waals surface area contributed by atoms with Crippen LogP contribution >= 0.6 is 0 Å². The maximum atomic E-state index is 11.4. The zero-order valence-electron chi connectivity index (χ0n) is 8.36. The highest BCUT2D eigenvalue weighted by Gasteiger charge is 2.39. The molecule has 1 unspecified atom stereocenters. The van der Waals surface area contributed by atoms with E-state index >= 15 is 0 Å². The van der Waals surface area contributed by atoms with Crippen molar-refractivity contribution in [2.45, 2.75) is 38.3 Å². The number of aliphatic carboxylic acids is 1. The molecular weight excluding hydrogens is 186 g/mol. The lowest BCUT2D eigenvalue weighted by atomic mass is 9.99. The third kappa shape index (κ3) is 2.23. The summed E-state index contributed by atoms with van der Waals surface area (Å²) in [5.74, 6) is -1.12. The first-order valence-corrected chi connectivity index (χ1v) is 4.53. The largest absolute Gasteiger partial charge is 0.481 e. The van der Waals surface area contributed by atoms with Crippen LogP contribution in [0.2, 0.25) is 0 Å². The summed E-state index contributed by atoms with van der Waals surface area (Å²) < 4.78 is 0. The molecule has 0 aromatic heterocycles. The van der Waals surface area contributed by atoms with Crippen LogP contribution in [0, 0.1) is 0 Å². The molecule has 1 saturated heterocycles. The van der Waals surface area contributed by atoms with Crippen LogP contribution in [0.15, 0.2) is 0 Å². The summed E-state index contributed by atoms with van der Waals surface area (Å²) in [5.41, 5.74) is -0.722. The highest BCUT2D eigenvalue weighted by atomic mass is 16.4. The van der Waals surface area contributed by atoms with Gasteiger partial charge in [0.15, 0.2) is 0 Å². The highest BCUT2D eigenvalue weighted by Crippen LogP contribution is 2.25. The molecule has 0 bridgehead atoms. The van der Waals surface area contributed by atoms with E-state index in [0.29, 0.717) is 0 Å². The quantitative estimate of drug-likeness (QED) is 0.664. The van der Waals surface area contributed by atoms with Gasteiger partial charge in [-0.3, -0.25) is 9.59 Å². The Balaban J connectivity index is 2.72. The van der Waals surface area contributed by atoms with Crippen molar-refractivity contribution in [3.8, 4) is 0 Å². The Bertz CT molecular complexity index is 262. The van der Waals surface area contributed by atoms with Crippen LogP contribution < -0.4 is 0 Å². The van der Waals surface area contributed by atoms with Crippen molar-refractivity contribution in [2.75, 3.05) is 6.54 Å². The second-order valence-corrected chi connectivity index (χ2v) is 4.25. The Morgan fingerprint density at radius 2 is 2.21 bits per heavy atom. The predicted octanol–water partition coefficient (Wildman–Crippen LogP) is -0.167. The molecule has 1 atom stereocenters. The molecule has 0 saturated carbocycles. The molecule has 80 valence electrons. The van der Waals surface area contributed by atoms with Gasteiger partial charge in [0, 0.05) is 12.1 Å². The summed E-state index contributed by atoms with van der Waals surface area (Å²) in [6, 6.07) is 0. The minimum Gasteiger partial charge on any atom is -0.481 e. The zero-order chi connectivity index (χ0) is 10.9. The van der Waals surface area contributed by atoms with Crippen molar-refractivity contribution in [1.29, 1.82) is 0 Å². The molecule has 1 rings (SSSR count). The normalized spacial score (nSPS) is 22.9. The molecule has 0 aliphatic carbocycles. The minimum atomic E-state index is -0.941. The van der Waals surface area contributed by atoms with Crippen molar-refractivity contribution < 1.29 is 19.8 Å². The lowest BCUT2D eigenvalue weighted by Crippen LogP contribution is -2.46. The predicted molar refractivity (Wildman–Crippen MR) is 48.7 cm³/mol. The first kappa shape index (κ1) is 11.0. The van der Waals surface area contributed by atoms with Crippen molar-refractivity contribution in [2.24, 2.45) is 0 Å². The van der Waals surface area contributed by atoms with E-state index < -0.39 is 17.6 Å². The SMILES string of the molecule is CC(C)(CC(=O)O)N1CC(O)CC1=O. The summed E-state index contributed by atoms with van der Waals surface area (Å²) >= 11 is 0. The average Bonchev–Trinajstić information content (AvgIpc) is 2.27. The number of carboxylic acid groups (broad SMARTS) is 1. The number of carbonyl (C=O) groups is 2. The first-order valence-electron chi connectivity index (χ1n) is 4.53. The van der Waals surface area contributed by atoms with Gasteiger partial charge in [0.25, 0.3) is 0 Å². The first-order chi connectivity index (χ1) is 6.33. The molecule has 1 aliphatic rings. The number of aliphatic hydroxyl groups excluding tert-OH is 1. The third-order valence-electron chi connectivity index (χ3n) is 2.42. The Morgan fingerprint density at radius 1 is 1.64 bits per heavy atom. The van der Waals surface area contributed by atoms with Crippen LogP contribution in [-0.4, -0.2) is 45.2 Å². The van der Waals surface area contributed by atoms with Gasteiger partial charge in [-0.25, -0.2) is 0 Å². The minimum absolute atomic E-state index is 0.100. The summed E-state index contributed by atoms with van der Waals surface area (Å²) in [7, 11) is 0. The van der Waals surface area contributed by atoms with Gasteiger partial charge in [-0.15, -0.1) is 0 Å². The molecule has 0 spiro atoms. The third-order valence-corrected chi connectivity index (χ3v) is 2.42. The number of β-amino-alcohol motifs (C(OH)–C–C–N with tert-alkyl or cyclic N) is 1. The van der Waals surface area contributed by atoms with Gasteiger partial charge >= 0.3 is 5.97 Å². The number of carbonyl (C=O) groups excluding carboxylic acids is 1. The highest BCUT2D eigenvalue weighted by molar-refractivity contribution is 5.80. The van der Waals surface area contributed by atoms with Crippen LogP contribution in [0.3, 0.4) is 0 Å². The maximum absolute atomic E-state index is 11.4. The molecular formula is C9H15NO4. The van der Waals surface area contributed by atoms with Gasteiger partial charge in [0.1, 0.15) is 0 Å². The smallest absolute Gasteiger partial charge is 0.305 e. The molecule has 2 N–H and O–H groups in total. The fourth-order valence-electron chi connectivity index (χ4n) is 1.74. The van der Waals surface area contributed by atoms with E-state index in [9.17, 15) is 14.7 Å². The van der Waals surface area contributed by atoms with Gasteiger partial charge in [-0.1, -0.05) is 0 Å². The number of hydrogen-bond donors (Lipinski definition) is 2. The van der Waals surface area contributed by atoms with E-state index in [0.717, 1.165) is 0 Å². The standard InChI is InChI=1S/C9H15NO4/c1-9(2,4-8(13)14)10-5-6(11)3-7(10)12/h6,11H,3-5H2,1-2H3,(H,13,14). The summed E-state index contributed by atoms with van der Waals surface area (Å²) in [6.07, 6.45) is -0.662. The molecule has 1 fully saturated rings. The lowest BCUT2D eigenvalue weighted by molar-refractivity contribution is -0.142. The van der Waals surface area contributed by atoms with Crippen LogP contribution in [0.1, 0.15) is 26.7 Å². The second kappa shape index (κ2) is 3.57. The molecule has 1 aliphatic heterocycles. The van der Waals surface area contributed by atoms with E-state index in [4.69, 9.17) is 5.11 Å². The molecule has 1 heterocycles. The number of carboxylic acids is 1. The zero-order valence-corrected chi connectivity index (χ0v) is 8.36. The van der Waals surface area contributed by atoms with Crippen molar-refractivity contribution >= 4 is 11.9 Å². The van der Waals surface area contributed by atoms with Crippen molar-refractivity contribution in [3.63, 3.8) is 0 Å². The average molecular weight is 201 g/mol. The fraction of sp³-hybridized carbons (Fsp3) is 0.778. The lowest BCUT2D eigenvalue weighted by Gasteiger charge is -2.34.